The van der Waals surface area contributed by atoms with E-state index in [9.17, 15) is 29.3 Å². The molecule has 11 heteroatoms. The lowest BCUT2D eigenvalue weighted by Crippen LogP contribution is -2.31. The van der Waals surface area contributed by atoms with Crippen molar-refractivity contribution >= 4 is 40.8 Å². The Morgan fingerprint density at radius 2 is 1.89 bits per heavy atom. The van der Waals surface area contributed by atoms with Crippen molar-refractivity contribution in [1.82, 2.24) is 0 Å². The molecule has 0 bridgehead atoms. The highest BCUT2D eigenvalue weighted by Crippen LogP contribution is 2.41. The van der Waals surface area contributed by atoms with Crippen molar-refractivity contribution in [3.8, 4) is 11.5 Å². The van der Waals surface area contributed by atoms with Gasteiger partial charge in [-0.3, -0.25) is 29.3 Å². The van der Waals surface area contributed by atoms with Gasteiger partial charge in [0.25, 0.3) is 5.69 Å². The van der Waals surface area contributed by atoms with E-state index in [0.717, 1.165) is 4.90 Å². The molecule has 0 spiro atoms. The number of methoxy groups -OCH3 is 1. The molecule has 2 heterocycles. The average Bonchev–Trinajstić information content (AvgIpc) is 3.41. The number of carbonyl (C=O) groups is 4. The number of hydrogen-bond acceptors (Lipinski definition) is 8. The van der Waals surface area contributed by atoms with Gasteiger partial charge in [0.15, 0.2) is 0 Å². The third kappa shape index (κ3) is 4.29. The predicted molar refractivity (Wildman–Crippen MR) is 135 cm³/mol. The van der Waals surface area contributed by atoms with Crippen LogP contribution in [0.5, 0.6) is 11.5 Å². The zero-order chi connectivity index (χ0) is 27.1. The lowest BCUT2D eigenvalue weighted by atomic mass is 9.78. The van der Waals surface area contributed by atoms with Gasteiger partial charge < -0.3 is 14.4 Å². The summed E-state index contributed by atoms with van der Waals surface area (Å²) in [6.45, 7) is 1.92. The van der Waals surface area contributed by atoms with Crippen molar-refractivity contribution in [2.24, 2.45) is 23.7 Å². The Labute approximate surface area is 217 Å². The molecular weight excluding hydrogens is 494 g/mol. The van der Waals surface area contributed by atoms with Gasteiger partial charge in [-0.05, 0) is 30.5 Å². The molecule has 0 N–H and O–H groups in total. The fourth-order valence-corrected chi connectivity index (χ4v) is 5.39. The van der Waals surface area contributed by atoms with Crippen molar-refractivity contribution in [2.45, 2.75) is 19.8 Å². The fraction of sp³-hybridized carbons (Fsp3) is 0.333. The number of allylic oxidation sites excluding steroid dienone is 2. The number of ether oxygens (including phenoxy) is 2. The molecule has 0 unspecified atom stereocenters. The van der Waals surface area contributed by atoms with Crippen LogP contribution in [0.25, 0.3) is 0 Å². The standard InChI is InChI=1S/C27H25N3O8/c1-15-5-3-8-20-24(15)26(33)29(25(20)32)17-6-4-7-19(12-17)38-27(34)16-11-23(31)28(14-16)21-10-9-18(30(35)36)13-22(21)37-2/h3-7,9-10,12-13,15-16,20,24H,8,11,14H2,1-2H3/t15-,16-,20-,24-/m1/s1. The van der Waals surface area contributed by atoms with Gasteiger partial charge in [-0.15, -0.1) is 0 Å². The summed E-state index contributed by atoms with van der Waals surface area (Å²) in [6, 6.07) is 10.1. The first-order valence-corrected chi connectivity index (χ1v) is 12.2. The molecule has 2 saturated heterocycles. The molecule has 4 atom stereocenters. The minimum atomic E-state index is -0.795. The molecule has 196 valence electrons. The molecule has 38 heavy (non-hydrogen) atoms. The molecule has 2 aromatic rings. The van der Waals surface area contributed by atoms with E-state index in [4.69, 9.17) is 9.47 Å². The molecule has 1 aliphatic carbocycles. The van der Waals surface area contributed by atoms with Gasteiger partial charge in [0, 0.05) is 25.1 Å². The average molecular weight is 520 g/mol. The van der Waals surface area contributed by atoms with Crippen molar-refractivity contribution in [2.75, 3.05) is 23.5 Å². The van der Waals surface area contributed by atoms with Crippen LogP contribution in [0.1, 0.15) is 19.8 Å². The normalized spacial score (nSPS) is 24.5. The molecule has 3 amide bonds. The van der Waals surface area contributed by atoms with Crippen molar-refractivity contribution in [3.05, 3.63) is 64.7 Å². The summed E-state index contributed by atoms with van der Waals surface area (Å²) in [4.78, 5) is 64.8. The third-order valence-electron chi connectivity index (χ3n) is 7.29. The quantitative estimate of drug-likeness (QED) is 0.142. The number of esters is 1. The molecule has 3 aliphatic rings. The first-order valence-electron chi connectivity index (χ1n) is 12.2. The number of amides is 3. The molecular formula is C27H25N3O8. The van der Waals surface area contributed by atoms with Gasteiger partial charge in [-0.25, -0.2) is 4.90 Å². The Morgan fingerprint density at radius 1 is 1.11 bits per heavy atom. The molecule has 0 saturated carbocycles. The fourth-order valence-electron chi connectivity index (χ4n) is 5.39. The van der Waals surface area contributed by atoms with Gasteiger partial charge in [-0.2, -0.15) is 0 Å². The summed E-state index contributed by atoms with van der Waals surface area (Å²) in [5, 5.41) is 11.1. The lowest BCUT2D eigenvalue weighted by Gasteiger charge is -2.22. The summed E-state index contributed by atoms with van der Waals surface area (Å²) in [5.74, 6) is -2.91. The van der Waals surface area contributed by atoms with E-state index in [1.54, 1.807) is 12.1 Å². The third-order valence-corrected chi connectivity index (χ3v) is 7.29. The Kier molecular flexibility index (Phi) is 6.43. The number of anilines is 2. The van der Waals surface area contributed by atoms with Gasteiger partial charge >= 0.3 is 5.97 Å². The summed E-state index contributed by atoms with van der Waals surface area (Å²) in [6.07, 6.45) is 4.27. The number of nitro benzene ring substituents is 1. The summed E-state index contributed by atoms with van der Waals surface area (Å²) in [7, 11) is 1.34. The number of imide groups is 1. The first-order chi connectivity index (χ1) is 18.2. The maximum atomic E-state index is 13.1. The van der Waals surface area contributed by atoms with Crippen LogP contribution in [0, 0.1) is 33.8 Å². The van der Waals surface area contributed by atoms with Crippen LogP contribution in [-0.4, -0.2) is 42.3 Å². The van der Waals surface area contributed by atoms with E-state index >= 15 is 0 Å². The van der Waals surface area contributed by atoms with Crippen molar-refractivity contribution < 1.29 is 33.6 Å². The van der Waals surface area contributed by atoms with Gasteiger partial charge in [0.05, 0.1) is 47.2 Å². The van der Waals surface area contributed by atoms with E-state index in [0.29, 0.717) is 17.8 Å². The van der Waals surface area contributed by atoms with Gasteiger partial charge in [0.2, 0.25) is 17.7 Å². The highest BCUT2D eigenvalue weighted by Gasteiger charge is 2.50. The highest BCUT2D eigenvalue weighted by atomic mass is 16.6. The van der Waals surface area contributed by atoms with Gasteiger partial charge in [-0.1, -0.05) is 25.1 Å². The highest BCUT2D eigenvalue weighted by molar-refractivity contribution is 6.22. The van der Waals surface area contributed by atoms with E-state index in [-0.39, 0.29) is 53.8 Å². The van der Waals surface area contributed by atoms with Crippen LogP contribution in [0.2, 0.25) is 0 Å². The molecule has 0 radical (unpaired) electrons. The maximum absolute atomic E-state index is 13.1. The smallest absolute Gasteiger partial charge is 0.316 e. The van der Waals surface area contributed by atoms with E-state index in [1.807, 2.05) is 19.1 Å². The molecule has 2 aliphatic heterocycles. The van der Waals surface area contributed by atoms with E-state index < -0.39 is 28.6 Å². The summed E-state index contributed by atoms with van der Waals surface area (Å²) < 4.78 is 10.8. The van der Waals surface area contributed by atoms with E-state index in [2.05, 4.69) is 0 Å². The monoisotopic (exact) mass is 519 g/mol. The van der Waals surface area contributed by atoms with Gasteiger partial charge in [0.1, 0.15) is 11.5 Å². The molecule has 5 rings (SSSR count). The van der Waals surface area contributed by atoms with Crippen LogP contribution in [0.4, 0.5) is 17.1 Å². The lowest BCUT2D eigenvalue weighted by molar-refractivity contribution is -0.384. The van der Waals surface area contributed by atoms with Crippen LogP contribution in [0.15, 0.2) is 54.6 Å². The number of nitrogens with zero attached hydrogens (tertiary/aromatic N) is 3. The minimum absolute atomic E-state index is 0.00285. The van der Waals surface area contributed by atoms with Crippen molar-refractivity contribution in [1.29, 1.82) is 0 Å². The van der Waals surface area contributed by atoms with E-state index in [1.165, 1.54) is 42.3 Å². The largest absolute Gasteiger partial charge is 0.494 e. The molecule has 2 fully saturated rings. The Hall–Kier alpha value is -4.54. The van der Waals surface area contributed by atoms with Crippen molar-refractivity contribution in [3.63, 3.8) is 0 Å². The van der Waals surface area contributed by atoms with Crippen LogP contribution in [-0.2, 0) is 19.2 Å². The second-order valence-corrected chi connectivity index (χ2v) is 9.60. The molecule has 2 aromatic carbocycles. The van der Waals surface area contributed by atoms with Crippen LogP contribution in [0.3, 0.4) is 0 Å². The Balaban J connectivity index is 1.30. The molecule has 0 aromatic heterocycles. The second kappa shape index (κ2) is 9.73. The number of nitro groups is 1. The second-order valence-electron chi connectivity index (χ2n) is 9.60. The predicted octanol–water partition coefficient (Wildman–Crippen LogP) is 3.26. The zero-order valence-corrected chi connectivity index (χ0v) is 20.7. The summed E-state index contributed by atoms with van der Waals surface area (Å²) in [5.41, 5.74) is 0.455. The minimum Gasteiger partial charge on any atom is -0.494 e. The number of carbonyl (C=O) groups excluding carboxylic acids is 4. The molecule has 11 nitrogen and oxygen atoms in total. The Morgan fingerprint density at radius 3 is 2.61 bits per heavy atom. The van der Waals surface area contributed by atoms with Crippen LogP contribution >= 0.6 is 0 Å². The Bertz CT molecular complexity index is 1390. The topological polar surface area (TPSA) is 136 Å². The first kappa shape index (κ1) is 25.1. The number of fused-ring (bicyclic) bond motifs is 1. The maximum Gasteiger partial charge on any atom is 0.316 e. The number of hydrogen-bond donors (Lipinski definition) is 0. The number of rotatable bonds is 6. The number of non-ortho nitro benzene ring substituents is 1. The number of benzene rings is 2. The van der Waals surface area contributed by atoms with Crippen LogP contribution < -0.4 is 19.3 Å². The summed E-state index contributed by atoms with van der Waals surface area (Å²) >= 11 is 0. The SMILES string of the molecule is COc1cc([N+](=O)[O-])ccc1N1C[C@H](C(=O)Oc2cccc(N3C(=O)[C@@H]4[C@H](C)C=CC[C@H]4C3=O)c2)CC1=O. The zero-order valence-electron chi connectivity index (χ0n) is 20.7.